The van der Waals surface area contributed by atoms with Crippen LogP contribution in [0.4, 0.5) is 11.5 Å². The van der Waals surface area contributed by atoms with Gasteiger partial charge in [0.2, 0.25) is 0 Å². The summed E-state index contributed by atoms with van der Waals surface area (Å²) in [6.07, 6.45) is 4.59. The van der Waals surface area contributed by atoms with Crippen molar-refractivity contribution in [3.63, 3.8) is 0 Å². The lowest BCUT2D eigenvalue weighted by Gasteiger charge is -2.09. The van der Waals surface area contributed by atoms with Gasteiger partial charge in [-0.25, -0.2) is 13.4 Å². The van der Waals surface area contributed by atoms with Crippen molar-refractivity contribution in [2.75, 3.05) is 16.6 Å². The van der Waals surface area contributed by atoms with Gasteiger partial charge in [-0.3, -0.25) is 9.71 Å². The summed E-state index contributed by atoms with van der Waals surface area (Å²) in [6.45, 7) is 4.44. The van der Waals surface area contributed by atoms with Crippen molar-refractivity contribution < 1.29 is 8.42 Å². The first kappa shape index (κ1) is 14.3. The number of nitrogens with zero attached hydrogens (tertiary/aromatic N) is 2. The number of aryl methyl sites for hydroxylation is 1. The van der Waals surface area contributed by atoms with Gasteiger partial charge in [-0.1, -0.05) is 0 Å². The van der Waals surface area contributed by atoms with Gasteiger partial charge in [0.25, 0.3) is 10.0 Å². The Morgan fingerprint density at radius 3 is 2.75 bits per heavy atom. The smallest absolute Gasteiger partial charge is 0.262 e. The van der Waals surface area contributed by atoms with Crippen LogP contribution >= 0.6 is 0 Å². The van der Waals surface area contributed by atoms with Crippen LogP contribution in [0.2, 0.25) is 0 Å². The van der Waals surface area contributed by atoms with E-state index in [0.717, 1.165) is 5.56 Å². The van der Waals surface area contributed by atoms with E-state index >= 15 is 0 Å². The average Bonchev–Trinajstić information content (AvgIpc) is 2.39. The van der Waals surface area contributed by atoms with Crippen LogP contribution in [0.25, 0.3) is 0 Å². The molecule has 0 amide bonds. The number of sulfonamides is 1. The summed E-state index contributed by atoms with van der Waals surface area (Å²) in [5.74, 6) is 0.526. The Bertz CT molecular complexity index is 701. The van der Waals surface area contributed by atoms with Crippen molar-refractivity contribution in [2.24, 2.45) is 0 Å². The Hall–Kier alpha value is -2.15. The van der Waals surface area contributed by atoms with E-state index in [4.69, 9.17) is 0 Å². The summed E-state index contributed by atoms with van der Waals surface area (Å²) in [6, 6.07) is 4.67. The molecule has 0 saturated heterocycles. The quantitative estimate of drug-likeness (QED) is 0.880. The molecule has 0 radical (unpaired) electrons. The molecular weight excluding hydrogens is 276 g/mol. The maximum Gasteiger partial charge on any atom is 0.262 e. The predicted molar refractivity (Wildman–Crippen MR) is 78.2 cm³/mol. The first-order chi connectivity index (χ1) is 9.51. The fraction of sp³-hybridized carbons (Fsp3) is 0.231. The van der Waals surface area contributed by atoms with Crippen LogP contribution in [0.5, 0.6) is 0 Å². The average molecular weight is 292 g/mol. The molecule has 2 rings (SSSR count). The van der Waals surface area contributed by atoms with Crippen LogP contribution in [-0.2, 0) is 10.0 Å². The molecule has 0 aliphatic carbocycles. The highest BCUT2D eigenvalue weighted by Gasteiger charge is 2.15. The molecule has 0 bridgehead atoms. The SMILES string of the molecule is CCNc1cc(S(=O)(=O)Nc2cncc(C)c2)ccn1. The van der Waals surface area contributed by atoms with Gasteiger partial charge < -0.3 is 5.32 Å². The second-order valence-electron chi connectivity index (χ2n) is 4.26. The van der Waals surface area contributed by atoms with E-state index in [1.807, 2.05) is 13.8 Å². The molecule has 0 spiro atoms. The molecule has 106 valence electrons. The predicted octanol–water partition coefficient (Wildman–Crippen LogP) is 2.02. The molecule has 0 aliphatic heterocycles. The topological polar surface area (TPSA) is 84.0 Å². The molecule has 0 aromatic carbocycles. The van der Waals surface area contributed by atoms with Crippen molar-refractivity contribution in [1.29, 1.82) is 0 Å². The summed E-state index contributed by atoms with van der Waals surface area (Å²) in [5, 5.41) is 2.98. The molecule has 0 aliphatic rings. The minimum Gasteiger partial charge on any atom is -0.370 e. The van der Waals surface area contributed by atoms with Gasteiger partial charge in [-0.15, -0.1) is 0 Å². The minimum absolute atomic E-state index is 0.157. The van der Waals surface area contributed by atoms with E-state index in [2.05, 4.69) is 20.0 Å². The maximum absolute atomic E-state index is 12.3. The minimum atomic E-state index is -3.64. The lowest BCUT2D eigenvalue weighted by atomic mass is 10.3. The second kappa shape index (κ2) is 5.87. The van der Waals surface area contributed by atoms with Gasteiger partial charge in [0.1, 0.15) is 5.82 Å². The molecule has 6 nitrogen and oxygen atoms in total. The van der Waals surface area contributed by atoms with E-state index in [-0.39, 0.29) is 4.90 Å². The highest BCUT2D eigenvalue weighted by molar-refractivity contribution is 7.92. The zero-order chi connectivity index (χ0) is 14.6. The number of hydrogen-bond donors (Lipinski definition) is 2. The third-order valence-electron chi connectivity index (χ3n) is 2.53. The molecule has 0 saturated carbocycles. The standard InChI is InChI=1S/C13H16N4O2S/c1-3-15-13-7-12(4-5-16-13)20(18,19)17-11-6-10(2)8-14-9-11/h4-9,17H,3H2,1-2H3,(H,15,16). The van der Waals surface area contributed by atoms with Gasteiger partial charge >= 0.3 is 0 Å². The van der Waals surface area contributed by atoms with Gasteiger partial charge in [-0.05, 0) is 31.5 Å². The van der Waals surface area contributed by atoms with Crippen molar-refractivity contribution >= 4 is 21.5 Å². The van der Waals surface area contributed by atoms with Gasteiger partial charge in [-0.2, -0.15) is 0 Å². The van der Waals surface area contributed by atoms with Crippen molar-refractivity contribution in [1.82, 2.24) is 9.97 Å². The molecule has 2 heterocycles. The second-order valence-corrected chi connectivity index (χ2v) is 5.95. The number of rotatable bonds is 5. The highest BCUT2D eigenvalue weighted by atomic mass is 32.2. The van der Waals surface area contributed by atoms with Crippen LogP contribution in [0.1, 0.15) is 12.5 Å². The van der Waals surface area contributed by atoms with Gasteiger partial charge in [0.05, 0.1) is 16.8 Å². The third-order valence-corrected chi connectivity index (χ3v) is 3.91. The van der Waals surface area contributed by atoms with Crippen molar-refractivity contribution in [3.8, 4) is 0 Å². The Morgan fingerprint density at radius 1 is 1.25 bits per heavy atom. The largest absolute Gasteiger partial charge is 0.370 e. The number of pyridine rings is 2. The Morgan fingerprint density at radius 2 is 2.05 bits per heavy atom. The van der Waals surface area contributed by atoms with Crippen LogP contribution in [0, 0.1) is 6.92 Å². The van der Waals surface area contributed by atoms with Crippen LogP contribution in [0.15, 0.2) is 41.7 Å². The molecule has 2 aromatic rings. The van der Waals surface area contributed by atoms with E-state index in [1.54, 1.807) is 12.3 Å². The van der Waals surface area contributed by atoms with Crippen molar-refractivity contribution in [2.45, 2.75) is 18.7 Å². The maximum atomic E-state index is 12.3. The lowest BCUT2D eigenvalue weighted by molar-refractivity contribution is 0.601. The zero-order valence-electron chi connectivity index (χ0n) is 11.3. The number of hydrogen-bond acceptors (Lipinski definition) is 5. The lowest BCUT2D eigenvalue weighted by Crippen LogP contribution is -2.14. The summed E-state index contributed by atoms with van der Waals surface area (Å²) < 4.78 is 27.0. The van der Waals surface area contributed by atoms with Crippen LogP contribution < -0.4 is 10.0 Å². The Kier molecular flexibility index (Phi) is 4.19. The molecule has 0 unspecified atom stereocenters. The summed E-state index contributed by atoms with van der Waals surface area (Å²) in [4.78, 5) is 8.16. The molecule has 0 fully saturated rings. The fourth-order valence-corrected chi connectivity index (χ4v) is 2.73. The van der Waals surface area contributed by atoms with Gasteiger partial charge in [0, 0.05) is 25.0 Å². The Labute approximate surface area is 118 Å². The third kappa shape index (κ3) is 3.45. The Balaban J connectivity index is 2.28. The van der Waals surface area contributed by atoms with Crippen molar-refractivity contribution in [3.05, 3.63) is 42.4 Å². The first-order valence-electron chi connectivity index (χ1n) is 6.15. The highest BCUT2D eigenvalue weighted by Crippen LogP contribution is 2.17. The monoisotopic (exact) mass is 292 g/mol. The number of aromatic nitrogens is 2. The van der Waals surface area contributed by atoms with E-state index < -0.39 is 10.0 Å². The van der Waals surface area contributed by atoms with E-state index in [9.17, 15) is 8.42 Å². The normalized spacial score (nSPS) is 11.1. The molecule has 2 N–H and O–H groups in total. The number of nitrogens with one attached hydrogen (secondary N) is 2. The molecule has 2 aromatic heterocycles. The van der Waals surface area contributed by atoms with E-state index in [0.29, 0.717) is 18.1 Å². The number of anilines is 2. The molecular formula is C13H16N4O2S. The summed E-state index contributed by atoms with van der Waals surface area (Å²) in [5.41, 5.74) is 1.32. The fourth-order valence-electron chi connectivity index (χ4n) is 1.68. The van der Waals surface area contributed by atoms with Crippen LogP contribution in [-0.4, -0.2) is 24.9 Å². The van der Waals surface area contributed by atoms with Crippen LogP contribution in [0.3, 0.4) is 0 Å². The summed E-state index contributed by atoms with van der Waals surface area (Å²) in [7, 11) is -3.64. The molecule has 0 atom stereocenters. The molecule has 7 heteroatoms. The molecule has 20 heavy (non-hydrogen) atoms. The first-order valence-corrected chi connectivity index (χ1v) is 7.64. The summed E-state index contributed by atoms with van der Waals surface area (Å²) >= 11 is 0. The zero-order valence-corrected chi connectivity index (χ0v) is 12.1. The van der Waals surface area contributed by atoms with Gasteiger partial charge in [0.15, 0.2) is 0 Å². The van der Waals surface area contributed by atoms with E-state index in [1.165, 1.54) is 24.5 Å².